The third-order valence-corrected chi connectivity index (χ3v) is 2.77. The smallest absolute Gasteiger partial charge is 0.317 e. The molecule has 0 saturated heterocycles. The molecule has 1 unspecified atom stereocenters. The number of aliphatic carboxylic acids is 1. The van der Waals surface area contributed by atoms with Crippen LogP contribution in [0.15, 0.2) is 18.2 Å². The molecular formula is C12H15NO3. The maximum atomic E-state index is 10.4. The normalized spacial score (nSPS) is 15.3. The van der Waals surface area contributed by atoms with Crippen molar-refractivity contribution in [2.24, 2.45) is 0 Å². The predicted molar refractivity (Wildman–Crippen MR) is 59.7 cm³/mol. The summed E-state index contributed by atoms with van der Waals surface area (Å²) in [6.45, 7) is 2.69. The third kappa shape index (κ3) is 2.33. The van der Waals surface area contributed by atoms with Crippen LogP contribution in [-0.4, -0.2) is 24.2 Å². The van der Waals surface area contributed by atoms with Gasteiger partial charge in [-0.1, -0.05) is 12.1 Å². The summed E-state index contributed by atoms with van der Waals surface area (Å²) in [5, 5.41) is 11.5. The van der Waals surface area contributed by atoms with Crippen LogP contribution in [0.5, 0.6) is 5.75 Å². The zero-order chi connectivity index (χ0) is 11.5. The van der Waals surface area contributed by atoms with Crippen molar-refractivity contribution in [1.29, 1.82) is 0 Å². The molecule has 1 heterocycles. The van der Waals surface area contributed by atoms with Crippen LogP contribution >= 0.6 is 0 Å². The number of ether oxygens (including phenoxy) is 1. The van der Waals surface area contributed by atoms with Crippen molar-refractivity contribution in [3.05, 3.63) is 29.3 Å². The summed E-state index contributed by atoms with van der Waals surface area (Å²) < 4.78 is 5.42. The maximum absolute atomic E-state index is 10.4. The van der Waals surface area contributed by atoms with Crippen molar-refractivity contribution in [3.8, 4) is 5.75 Å². The molecule has 0 aliphatic carbocycles. The second-order valence-corrected chi connectivity index (χ2v) is 3.96. The number of carbonyl (C=O) groups is 1. The number of fused-ring (bicyclic) bond motifs is 1. The first-order valence-corrected chi connectivity index (χ1v) is 5.37. The van der Waals surface area contributed by atoms with E-state index in [1.165, 1.54) is 5.56 Å². The van der Waals surface area contributed by atoms with Crippen LogP contribution in [0.3, 0.4) is 0 Å². The first kappa shape index (κ1) is 11.0. The Morgan fingerprint density at radius 2 is 2.44 bits per heavy atom. The molecule has 0 fully saturated rings. The largest absolute Gasteiger partial charge is 0.493 e. The van der Waals surface area contributed by atoms with E-state index in [1.54, 1.807) is 0 Å². The van der Waals surface area contributed by atoms with E-state index in [1.807, 2.05) is 19.1 Å². The lowest BCUT2D eigenvalue weighted by Gasteiger charge is -2.13. The second-order valence-electron chi connectivity index (χ2n) is 3.96. The minimum atomic E-state index is -0.837. The second kappa shape index (κ2) is 4.53. The van der Waals surface area contributed by atoms with Crippen LogP contribution in [-0.2, 0) is 11.2 Å². The highest BCUT2D eigenvalue weighted by Crippen LogP contribution is 2.27. The Labute approximate surface area is 94.2 Å². The van der Waals surface area contributed by atoms with E-state index in [2.05, 4.69) is 11.4 Å². The fourth-order valence-corrected chi connectivity index (χ4v) is 1.83. The van der Waals surface area contributed by atoms with Crippen LogP contribution < -0.4 is 10.1 Å². The van der Waals surface area contributed by atoms with E-state index in [9.17, 15) is 4.79 Å². The van der Waals surface area contributed by atoms with E-state index < -0.39 is 5.97 Å². The van der Waals surface area contributed by atoms with Gasteiger partial charge in [0.05, 0.1) is 13.2 Å². The van der Waals surface area contributed by atoms with Gasteiger partial charge in [-0.15, -0.1) is 0 Å². The molecule has 0 radical (unpaired) electrons. The topological polar surface area (TPSA) is 58.6 Å². The fourth-order valence-electron chi connectivity index (χ4n) is 1.83. The summed E-state index contributed by atoms with van der Waals surface area (Å²) in [4.78, 5) is 10.4. The van der Waals surface area contributed by atoms with Gasteiger partial charge in [-0.25, -0.2) is 0 Å². The van der Waals surface area contributed by atoms with Gasteiger partial charge < -0.3 is 15.2 Å². The van der Waals surface area contributed by atoms with Gasteiger partial charge in [0, 0.05) is 12.5 Å². The minimum absolute atomic E-state index is 0.0191. The van der Waals surface area contributed by atoms with Gasteiger partial charge in [-0.2, -0.15) is 0 Å². The van der Waals surface area contributed by atoms with Crippen molar-refractivity contribution in [2.45, 2.75) is 19.4 Å². The summed E-state index contributed by atoms with van der Waals surface area (Å²) >= 11 is 0. The molecule has 0 aromatic heterocycles. The Kier molecular flexibility index (Phi) is 3.10. The van der Waals surface area contributed by atoms with Gasteiger partial charge in [0.15, 0.2) is 0 Å². The first-order valence-electron chi connectivity index (χ1n) is 5.37. The molecule has 0 amide bonds. The summed E-state index contributed by atoms with van der Waals surface area (Å²) in [5.74, 6) is 0.116. The van der Waals surface area contributed by atoms with Crippen LogP contribution in [0.25, 0.3) is 0 Å². The standard InChI is InChI=1S/C12H15NO3/c1-8(13-7-12(14)15)9-2-3-11-10(6-9)4-5-16-11/h2-3,6,8,13H,4-5,7H2,1H3,(H,14,15). The van der Waals surface area contributed by atoms with Gasteiger partial charge in [0.25, 0.3) is 0 Å². The average molecular weight is 221 g/mol. The van der Waals surface area contributed by atoms with Crippen molar-refractivity contribution < 1.29 is 14.6 Å². The Morgan fingerprint density at radius 3 is 3.19 bits per heavy atom. The molecule has 1 aliphatic heterocycles. The monoisotopic (exact) mass is 221 g/mol. The number of hydrogen-bond acceptors (Lipinski definition) is 3. The molecular weight excluding hydrogens is 206 g/mol. The summed E-state index contributed by atoms with van der Waals surface area (Å²) in [7, 11) is 0. The lowest BCUT2D eigenvalue weighted by molar-refractivity contribution is -0.136. The van der Waals surface area contributed by atoms with Crippen LogP contribution in [0.1, 0.15) is 24.1 Å². The van der Waals surface area contributed by atoms with Gasteiger partial charge in [0.2, 0.25) is 0 Å². The van der Waals surface area contributed by atoms with Crippen LogP contribution in [0, 0.1) is 0 Å². The van der Waals surface area contributed by atoms with E-state index in [0.717, 1.165) is 24.3 Å². The number of hydrogen-bond donors (Lipinski definition) is 2. The molecule has 1 aromatic rings. The van der Waals surface area contributed by atoms with E-state index in [4.69, 9.17) is 9.84 Å². The zero-order valence-corrected chi connectivity index (χ0v) is 9.19. The summed E-state index contributed by atoms with van der Waals surface area (Å²) in [6, 6.07) is 6.06. The molecule has 0 spiro atoms. The Balaban J connectivity index is 2.06. The van der Waals surface area contributed by atoms with Crippen molar-refractivity contribution >= 4 is 5.97 Å². The lowest BCUT2D eigenvalue weighted by Crippen LogP contribution is -2.25. The molecule has 1 aliphatic rings. The van der Waals surface area contributed by atoms with Crippen molar-refractivity contribution in [1.82, 2.24) is 5.32 Å². The highest BCUT2D eigenvalue weighted by molar-refractivity contribution is 5.69. The van der Waals surface area contributed by atoms with Gasteiger partial charge in [-0.3, -0.25) is 4.79 Å². The lowest BCUT2D eigenvalue weighted by atomic mass is 10.0. The SMILES string of the molecule is CC(NCC(=O)O)c1ccc2c(c1)CCO2. The molecule has 0 saturated carbocycles. The van der Waals surface area contributed by atoms with Crippen LogP contribution in [0.2, 0.25) is 0 Å². The quantitative estimate of drug-likeness (QED) is 0.806. The third-order valence-electron chi connectivity index (χ3n) is 2.77. The highest BCUT2D eigenvalue weighted by Gasteiger charge is 2.14. The molecule has 1 atom stereocenters. The van der Waals surface area contributed by atoms with E-state index >= 15 is 0 Å². The Bertz CT molecular complexity index is 403. The van der Waals surface area contributed by atoms with Gasteiger partial charge >= 0.3 is 5.97 Å². The van der Waals surface area contributed by atoms with Crippen molar-refractivity contribution in [3.63, 3.8) is 0 Å². The van der Waals surface area contributed by atoms with E-state index in [0.29, 0.717) is 0 Å². The number of benzene rings is 1. The average Bonchev–Trinajstić information content (AvgIpc) is 2.72. The van der Waals surface area contributed by atoms with Crippen molar-refractivity contribution in [2.75, 3.05) is 13.2 Å². The summed E-state index contributed by atoms with van der Waals surface area (Å²) in [6.07, 6.45) is 0.939. The van der Waals surface area contributed by atoms with E-state index in [-0.39, 0.29) is 12.6 Å². The number of nitrogens with one attached hydrogen (secondary N) is 1. The molecule has 4 nitrogen and oxygen atoms in total. The van der Waals surface area contributed by atoms with Crippen LogP contribution in [0.4, 0.5) is 0 Å². The summed E-state index contributed by atoms with van der Waals surface area (Å²) in [5.41, 5.74) is 2.31. The number of rotatable bonds is 4. The molecule has 1 aromatic carbocycles. The van der Waals surface area contributed by atoms with Gasteiger partial charge in [-0.05, 0) is 24.1 Å². The first-order chi connectivity index (χ1) is 7.66. The zero-order valence-electron chi connectivity index (χ0n) is 9.19. The molecule has 86 valence electrons. The number of carboxylic acids is 1. The molecule has 16 heavy (non-hydrogen) atoms. The minimum Gasteiger partial charge on any atom is -0.493 e. The molecule has 4 heteroatoms. The molecule has 2 rings (SSSR count). The highest BCUT2D eigenvalue weighted by atomic mass is 16.5. The fraction of sp³-hybridized carbons (Fsp3) is 0.417. The maximum Gasteiger partial charge on any atom is 0.317 e. The van der Waals surface area contributed by atoms with Gasteiger partial charge in [0.1, 0.15) is 5.75 Å². The Hall–Kier alpha value is -1.55. The molecule has 0 bridgehead atoms. The number of carboxylic acid groups (broad SMARTS) is 1. The predicted octanol–water partition coefficient (Wildman–Crippen LogP) is 1.36. The molecule has 2 N–H and O–H groups in total. The Morgan fingerprint density at radius 1 is 1.62 bits per heavy atom.